The quantitative estimate of drug-likeness (QED) is 0.552. The van der Waals surface area contributed by atoms with E-state index in [0.717, 1.165) is 12.3 Å². The lowest BCUT2D eigenvalue weighted by molar-refractivity contribution is -0.143. The van der Waals surface area contributed by atoms with Gasteiger partial charge in [-0.1, -0.05) is 25.7 Å². The summed E-state index contributed by atoms with van der Waals surface area (Å²) >= 11 is 0. The van der Waals surface area contributed by atoms with Gasteiger partial charge in [-0.2, -0.15) is 0 Å². The number of esters is 1. The number of amides is 1. The molecule has 0 heterocycles. The molecular formula is C11H19NO3. The Morgan fingerprint density at radius 2 is 2.00 bits per heavy atom. The number of carbonyl (C=O) groups is 2. The third kappa shape index (κ3) is 4.81. The molecule has 0 aromatic carbocycles. The van der Waals surface area contributed by atoms with Crippen LogP contribution in [0.25, 0.3) is 0 Å². The summed E-state index contributed by atoms with van der Waals surface area (Å²) in [6.07, 6.45) is 6.08. The molecule has 1 N–H and O–H groups in total. The van der Waals surface area contributed by atoms with Gasteiger partial charge in [0.1, 0.15) is 6.42 Å². The second-order valence-electron chi connectivity index (χ2n) is 4.04. The van der Waals surface area contributed by atoms with E-state index in [1.165, 1.54) is 32.8 Å². The number of carbonyl (C=O) groups excluding carboxylic acids is 2. The topological polar surface area (TPSA) is 55.4 Å². The highest BCUT2D eigenvalue weighted by molar-refractivity contribution is 5.94. The molecule has 4 nitrogen and oxygen atoms in total. The Kier molecular flexibility index (Phi) is 5.15. The van der Waals surface area contributed by atoms with Gasteiger partial charge < -0.3 is 10.1 Å². The van der Waals surface area contributed by atoms with Gasteiger partial charge in [0.25, 0.3) is 0 Å². The molecule has 0 aromatic heterocycles. The SMILES string of the molecule is COC(=O)CC(=O)NCCC1CCCC1. The van der Waals surface area contributed by atoms with Gasteiger partial charge in [-0.25, -0.2) is 0 Å². The molecule has 0 atom stereocenters. The van der Waals surface area contributed by atoms with E-state index < -0.39 is 5.97 Å². The average Bonchev–Trinajstić information content (AvgIpc) is 2.70. The molecule has 0 aromatic rings. The Hall–Kier alpha value is -1.06. The monoisotopic (exact) mass is 213 g/mol. The molecule has 86 valence electrons. The molecule has 0 aliphatic heterocycles. The first kappa shape index (κ1) is 12.0. The van der Waals surface area contributed by atoms with Crippen molar-refractivity contribution in [2.45, 2.75) is 38.5 Å². The standard InChI is InChI=1S/C11H19NO3/c1-15-11(14)8-10(13)12-7-6-9-4-2-3-5-9/h9H,2-8H2,1H3,(H,12,13). The minimum atomic E-state index is -0.478. The smallest absolute Gasteiger partial charge is 0.315 e. The van der Waals surface area contributed by atoms with E-state index in [4.69, 9.17) is 0 Å². The van der Waals surface area contributed by atoms with Crippen molar-refractivity contribution in [3.05, 3.63) is 0 Å². The van der Waals surface area contributed by atoms with Crippen LogP contribution in [-0.2, 0) is 14.3 Å². The number of hydrogen-bond donors (Lipinski definition) is 1. The second kappa shape index (κ2) is 6.43. The molecule has 15 heavy (non-hydrogen) atoms. The lowest BCUT2D eigenvalue weighted by atomic mass is 10.0. The molecule has 1 saturated carbocycles. The molecule has 0 spiro atoms. The summed E-state index contributed by atoms with van der Waals surface area (Å²) in [7, 11) is 1.29. The molecule has 1 amide bonds. The van der Waals surface area contributed by atoms with Crippen LogP contribution < -0.4 is 5.32 Å². The minimum Gasteiger partial charge on any atom is -0.469 e. The summed E-state index contributed by atoms with van der Waals surface area (Å²) in [5, 5.41) is 2.74. The molecule has 1 rings (SSSR count). The second-order valence-corrected chi connectivity index (χ2v) is 4.04. The van der Waals surface area contributed by atoms with Crippen LogP contribution in [0, 0.1) is 5.92 Å². The Labute approximate surface area is 90.4 Å². The molecule has 1 aliphatic carbocycles. The summed E-state index contributed by atoms with van der Waals surface area (Å²) in [5.74, 6) is 0.0524. The minimum absolute atomic E-state index is 0.166. The van der Waals surface area contributed by atoms with E-state index in [9.17, 15) is 9.59 Å². The van der Waals surface area contributed by atoms with Gasteiger partial charge in [0, 0.05) is 6.54 Å². The highest BCUT2D eigenvalue weighted by Crippen LogP contribution is 2.26. The van der Waals surface area contributed by atoms with Crippen LogP contribution in [0.2, 0.25) is 0 Å². The van der Waals surface area contributed by atoms with Crippen molar-refractivity contribution in [1.82, 2.24) is 5.32 Å². The zero-order valence-electron chi connectivity index (χ0n) is 9.25. The fraction of sp³-hybridized carbons (Fsp3) is 0.818. The Morgan fingerprint density at radius 3 is 2.60 bits per heavy atom. The van der Waals surface area contributed by atoms with E-state index >= 15 is 0 Å². The van der Waals surface area contributed by atoms with Gasteiger partial charge in [0.05, 0.1) is 7.11 Å². The van der Waals surface area contributed by atoms with E-state index in [1.54, 1.807) is 0 Å². The molecular weight excluding hydrogens is 194 g/mol. The Balaban J connectivity index is 2.03. The fourth-order valence-electron chi connectivity index (χ4n) is 1.98. The average molecular weight is 213 g/mol. The highest BCUT2D eigenvalue weighted by Gasteiger charge is 2.15. The molecule has 1 fully saturated rings. The van der Waals surface area contributed by atoms with Crippen LogP contribution in [-0.4, -0.2) is 25.5 Å². The van der Waals surface area contributed by atoms with Crippen LogP contribution in [0.5, 0.6) is 0 Å². The molecule has 0 radical (unpaired) electrons. The Bertz CT molecular complexity index is 222. The fourth-order valence-corrected chi connectivity index (χ4v) is 1.98. The molecule has 0 bridgehead atoms. The van der Waals surface area contributed by atoms with Crippen molar-refractivity contribution >= 4 is 11.9 Å². The number of methoxy groups -OCH3 is 1. The van der Waals surface area contributed by atoms with Crippen LogP contribution in [0.3, 0.4) is 0 Å². The first-order chi connectivity index (χ1) is 7.22. The first-order valence-electron chi connectivity index (χ1n) is 5.56. The van der Waals surface area contributed by atoms with E-state index in [-0.39, 0.29) is 12.3 Å². The van der Waals surface area contributed by atoms with Crippen LogP contribution >= 0.6 is 0 Å². The van der Waals surface area contributed by atoms with Crippen LogP contribution in [0.4, 0.5) is 0 Å². The Morgan fingerprint density at radius 1 is 1.33 bits per heavy atom. The number of ether oxygens (including phenoxy) is 1. The predicted molar refractivity (Wildman–Crippen MR) is 56.2 cm³/mol. The third-order valence-corrected chi connectivity index (χ3v) is 2.88. The van der Waals surface area contributed by atoms with Gasteiger partial charge in [-0.15, -0.1) is 0 Å². The van der Waals surface area contributed by atoms with Gasteiger partial charge in [-0.05, 0) is 12.3 Å². The maximum Gasteiger partial charge on any atom is 0.315 e. The van der Waals surface area contributed by atoms with Gasteiger partial charge in [0.2, 0.25) is 5.91 Å². The normalized spacial score (nSPS) is 16.3. The number of rotatable bonds is 5. The largest absolute Gasteiger partial charge is 0.469 e. The van der Waals surface area contributed by atoms with Crippen molar-refractivity contribution in [3.8, 4) is 0 Å². The summed E-state index contributed by atoms with van der Waals surface area (Å²) in [5.41, 5.74) is 0. The summed E-state index contributed by atoms with van der Waals surface area (Å²) < 4.78 is 4.40. The van der Waals surface area contributed by atoms with Crippen molar-refractivity contribution in [2.75, 3.05) is 13.7 Å². The summed E-state index contributed by atoms with van der Waals surface area (Å²) in [4.78, 5) is 21.9. The van der Waals surface area contributed by atoms with Gasteiger partial charge in [0.15, 0.2) is 0 Å². The lowest BCUT2D eigenvalue weighted by Gasteiger charge is -2.09. The van der Waals surface area contributed by atoms with Crippen molar-refractivity contribution in [1.29, 1.82) is 0 Å². The van der Waals surface area contributed by atoms with Gasteiger partial charge >= 0.3 is 5.97 Å². The predicted octanol–water partition coefficient (Wildman–Crippen LogP) is 1.25. The maximum atomic E-state index is 11.2. The maximum absolute atomic E-state index is 11.2. The van der Waals surface area contributed by atoms with Crippen LogP contribution in [0.15, 0.2) is 0 Å². The zero-order chi connectivity index (χ0) is 11.1. The van der Waals surface area contributed by atoms with Crippen molar-refractivity contribution in [3.63, 3.8) is 0 Å². The van der Waals surface area contributed by atoms with E-state index in [0.29, 0.717) is 6.54 Å². The number of hydrogen-bond acceptors (Lipinski definition) is 3. The highest BCUT2D eigenvalue weighted by atomic mass is 16.5. The third-order valence-electron chi connectivity index (χ3n) is 2.88. The molecule has 1 aliphatic rings. The van der Waals surface area contributed by atoms with E-state index in [2.05, 4.69) is 10.1 Å². The zero-order valence-corrected chi connectivity index (χ0v) is 9.25. The van der Waals surface area contributed by atoms with Crippen molar-refractivity contribution < 1.29 is 14.3 Å². The first-order valence-corrected chi connectivity index (χ1v) is 5.56. The van der Waals surface area contributed by atoms with Crippen molar-refractivity contribution in [2.24, 2.45) is 5.92 Å². The summed E-state index contributed by atoms with van der Waals surface area (Å²) in [6, 6.07) is 0. The summed E-state index contributed by atoms with van der Waals surface area (Å²) in [6.45, 7) is 0.681. The van der Waals surface area contributed by atoms with E-state index in [1.807, 2.05) is 0 Å². The lowest BCUT2D eigenvalue weighted by Crippen LogP contribution is -2.27. The van der Waals surface area contributed by atoms with Gasteiger partial charge in [-0.3, -0.25) is 9.59 Å². The molecule has 0 unspecified atom stereocenters. The number of nitrogens with one attached hydrogen (secondary N) is 1. The van der Waals surface area contributed by atoms with Crippen LogP contribution in [0.1, 0.15) is 38.5 Å². The molecule has 0 saturated heterocycles. The molecule has 4 heteroatoms.